The molecule has 0 spiro atoms. The van der Waals surface area contributed by atoms with E-state index in [0.717, 1.165) is 18.5 Å². The molecule has 23 heavy (non-hydrogen) atoms. The van der Waals surface area contributed by atoms with Gasteiger partial charge in [-0.05, 0) is 24.3 Å². The van der Waals surface area contributed by atoms with Crippen molar-refractivity contribution < 1.29 is 8.42 Å². The molecule has 0 atom stereocenters. The molecule has 126 valence electrons. The van der Waals surface area contributed by atoms with Crippen molar-refractivity contribution >= 4 is 21.4 Å². The molecule has 0 amide bonds. The van der Waals surface area contributed by atoms with Crippen LogP contribution in [0.15, 0.2) is 27.9 Å². The Bertz CT molecular complexity index is 752. The predicted octanol–water partition coefficient (Wildman–Crippen LogP) is 2.66. The summed E-state index contributed by atoms with van der Waals surface area (Å²) in [6.45, 7) is 7.37. The zero-order chi connectivity index (χ0) is 16.7. The molecule has 2 aromatic rings. The van der Waals surface area contributed by atoms with Gasteiger partial charge in [0.15, 0.2) is 0 Å². The molecule has 3 heterocycles. The standard InChI is InChI=1S/C15H22N4O2S2/c1-15(2,3)13-11-19(17-16-13)12-6-8-18(9-7-12)23(20,21)14-5-4-10-22-14/h4-5,10-12H,6-9H2,1-3H3. The van der Waals surface area contributed by atoms with Gasteiger partial charge in [0, 0.05) is 24.7 Å². The molecule has 6 nitrogen and oxygen atoms in total. The van der Waals surface area contributed by atoms with E-state index in [1.807, 2.05) is 10.9 Å². The van der Waals surface area contributed by atoms with Crippen molar-refractivity contribution in [1.29, 1.82) is 0 Å². The second-order valence-corrected chi connectivity index (χ2v) is 10.0. The predicted molar refractivity (Wildman–Crippen MR) is 90.1 cm³/mol. The second kappa shape index (κ2) is 5.99. The quantitative estimate of drug-likeness (QED) is 0.850. The van der Waals surface area contributed by atoms with Gasteiger partial charge in [0.2, 0.25) is 0 Å². The minimum absolute atomic E-state index is 0.0263. The van der Waals surface area contributed by atoms with Gasteiger partial charge in [-0.15, -0.1) is 16.4 Å². The molecule has 0 aromatic carbocycles. The lowest BCUT2D eigenvalue weighted by molar-refractivity contribution is 0.259. The van der Waals surface area contributed by atoms with Gasteiger partial charge >= 0.3 is 0 Å². The first-order valence-corrected chi connectivity index (χ1v) is 10.1. The van der Waals surface area contributed by atoms with Crippen molar-refractivity contribution in [3.05, 3.63) is 29.4 Å². The highest BCUT2D eigenvalue weighted by Gasteiger charge is 2.31. The fraction of sp³-hybridized carbons (Fsp3) is 0.600. The Kier molecular flexibility index (Phi) is 4.33. The van der Waals surface area contributed by atoms with Crippen LogP contribution in [0.1, 0.15) is 45.3 Å². The van der Waals surface area contributed by atoms with Gasteiger partial charge < -0.3 is 0 Å². The number of sulfonamides is 1. The summed E-state index contributed by atoms with van der Waals surface area (Å²) < 4.78 is 29.0. The maximum atomic E-state index is 12.5. The first kappa shape index (κ1) is 16.6. The summed E-state index contributed by atoms with van der Waals surface area (Å²) in [5.41, 5.74) is 0.938. The van der Waals surface area contributed by atoms with E-state index in [2.05, 4.69) is 31.1 Å². The van der Waals surface area contributed by atoms with Gasteiger partial charge in [0.25, 0.3) is 10.0 Å². The number of piperidine rings is 1. The Morgan fingerprint density at radius 1 is 1.26 bits per heavy atom. The van der Waals surface area contributed by atoms with Crippen molar-refractivity contribution in [2.24, 2.45) is 0 Å². The fourth-order valence-electron chi connectivity index (χ4n) is 2.68. The lowest BCUT2D eigenvalue weighted by Gasteiger charge is -2.30. The zero-order valence-electron chi connectivity index (χ0n) is 13.6. The van der Waals surface area contributed by atoms with Crippen LogP contribution < -0.4 is 0 Å². The lowest BCUT2D eigenvalue weighted by Crippen LogP contribution is -2.38. The SMILES string of the molecule is CC(C)(C)c1cn(C2CCN(S(=O)(=O)c3cccs3)CC2)nn1. The molecular weight excluding hydrogens is 332 g/mol. The van der Waals surface area contributed by atoms with E-state index in [0.29, 0.717) is 17.3 Å². The summed E-state index contributed by atoms with van der Waals surface area (Å²) in [4.78, 5) is 0. The Labute approximate surface area is 141 Å². The number of nitrogens with zero attached hydrogens (tertiary/aromatic N) is 4. The Morgan fingerprint density at radius 2 is 1.96 bits per heavy atom. The second-order valence-electron chi connectivity index (χ2n) is 6.90. The van der Waals surface area contributed by atoms with Crippen LogP contribution in [-0.4, -0.2) is 40.8 Å². The van der Waals surface area contributed by atoms with Gasteiger partial charge in [-0.25, -0.2) is 13.1 Å². The van der Waals surface area contributed by atoms with Gasteiger partial charge in [-0.1, -0.05) is 32.1 Å². The van der Waals surface area contributed by atoms with Crippen LogP contribution in [0.3, 0.4) is 0 Å². The van der Waals surface area contributed by atoms with Crippen LogP contribution in [0.2, 0.25) is 0 Å². The molecule has 3 rings (SSSR count). The van der Waals surface area contributed by atoms with Gasteiger partial charge in [-0.2, -0.15) is 4.31 Å². The third-order valence-corrected chi connectivity index (χ3v) is 7.44. The number of thiophene rings is 1. The number of aromatic nitrogens is 3. The maximum Gasteiger partial charge on any atom is 0.252 e. The van der Waals surface area contributed by atoms with Crippen LogP contribution in [0, 0.1) is 0 Å². The molecule has 0 radical (unpaired) electrons. The van der Waals surface area contributed by atoms with Crippen LogP contribution in [0.5, 0.6) is 0 Å². The molecule has 1 aliphatic rings. The highest BCUT2D eigenvalue weighted by atomic mass is 32.2. The minimum atomic E-state index is -3.34. The zero-order valence-corrected chi connectivity index (χ0v) is 15.3. The van der Waals surface area contributed by atoms with Gasteiger partial charge in [0.1, 0.15) is 4.21 Å². The molecule has 1 aliphatic heterocycles. The smallest absolute Gasteiger partial charge is 0.249 e. The fourth-order valence-corrected chi connectivity index (χ4v) is 5.30. The van der Waals surface area contributed by atoms with Crippen molar-refractivity contribution in [3.63, 3.8) is 0 Å². The van der Waals surface area contributed by atoms with Crippen LogP contribution in [0.4, 0.5) is 0 Å². The third kappa shape index (κ3) is 3.34. The number of rotatable bonds is 3. The lowest BCUT2D eigenvalue weighted by atomic mass is 9.93. The van der Waals surface area contributed by atoms with Crippen LogP contribution >= 0.6 is 11.3 Å². The normalized spacial score (nSPS) is 18.4. The van der Waals surface area contributed by atoms with Crippen molar-refractivity contribution in [2.45, 2.75) is 49.3 Å². The monoisotopic (exact) mass is 354 g/mol. The number of hydrogen-bond acceptors (Lipinski definition) is 5. The number of hydrogen-bond donors (Lipinski definition) is 0. The average Bonchev–Trinajstić information content (AvgIpc) is 3.18. The molecule has 1 saturated heterocycles. The summed E-state index contributed by atoms with van der Waals surface area (Å²) in [7, 11) is -3.34. The summed E-state index contributed by atoms with van der Waals surface area (Å²) in [5.74, 6) is 0. The van der Waals surface area contributed by atoms with Gasteiger partial charge in [-0.3, -0.25) is 0 Å². The molecule has 0 unspecified atom stereocenters. The maximum absolute atomic E-state index is 12.5. The van der Waals surface area contributed by atoms with Crippen molar-refractivity contribution in [3.8, 4) is 0 Å². The highest BCUT2D eigenvalue weighted by molar-refractivity contribution is 7.91. The van der Waals surface area contributed by atoms with E-state index in [9.17, 15) is 8.42 Å². The molecular formula is C15H22N4O2S2. The molecule has 0 bridgehead atoms. The summed E-state index contributed by atoms with van der Waals surface area (Å²) in [5, 5.41) is 10.3. The van der Waals surface area contributed by atoms with E-state index in [4.69, 9.17) is 0 Å². The molecule has 1 fully saturated rings. The minimum Gasteiger partial charge on any atom is -0.249 e. The molecule has 0 saturated carbocycles. The van der Waals surface area contributed by atoms with Crippen LogP contribution in [-0.2, 0) is 15.4 Å². The third-order valence-electron chi connectivity index (χ3n) is 4.17. The van der Waals surface area contributed by atoms with E-state index in [-0.39, 0.29) is 11.5 Å². The summed E-state index contributed by atoms with van der Waals surface area (Å²) in [6.07, 6.45) is 3.52. The van der Waals surface area contributed by atoms with Gasteiger partial charge in [0.05, 0.1) is 11.7 Å². The Balaban J connectivity index is 1.68. The molecule has 2 aromatic heterocycles. The van der Waals surface area contributed by atoms with E-state index in [1.54, 1.807) is 21.8 Å². The van der Waals surface area contributed by atoms with E-state index in [1.165, 1.54) is 11.3 Å². The van der Waals surface area contributed by atoms with Crippen molar-refractivity contribution in [1.82, 2.24) is 19.3 Å². The first-order valence-electron chi connectivity index (χ1n) is 7.74. The first-order chi connectivity index (χ1) is 10.8. The Morgan fingerprint density at radius 3 is 2.48 bits per heavy atom. The molecule has 8 heteroatoms. The van der Waals surface area contributed by atoms with Crippen LogP contribution in [0.25, 0.3) is 0 Å². The summed E-state index contributed by atoms with van der Waals surface area (Å²) >= 11 is 1.27. The Hall–Kier alpha value is -1.25. The topological polar surface area (TPSA) is 68.1 Å². The summed E-state index contributed by atoms with van der Waals surface area (Å²) in [6, 6.07) is 3.65. The molecule has 0 N–H and O–H groups in total. The van der Waals surface area contributed by atoms with E-state index >= 15 is 0 Å². The molecule has 0 aliphatic carbocycles. The van der Waals surface area contributed by atoms with E-state index < -0.39 is 10.0 Å². The highest BCUT2D eigenvalue weighted by Crippen LogP contribution is 2.29. The largest absolute Gasteiger partial charge is 0.252 e. The van der Waals surface area contributed by atoms with Crippen molar-refractivity contribution in [2.75, 3.05) is 13.1 Å². The average molecular weight is 355 g/mol.